The van der Waals surface area contributed by atoms with Crippen molar-refractivity contribution in [2.75, 3.05) is 6.54 Å². The zero-order valence-electron chi connectivity index (χ0n) is 5.74. The van der Waals surface area contributed by atoms with Crippen molar-refractivity contribution in [3.8, 4) is 0 Å². The number of aromatic amines is 1. The van der Waals surface area contributed by atoms with Crippen LogP contribution in [-0.2, 0) is 11.3 Å². The van der Waals surface area contributed by atoms with Crippen LogP contribution < -0.4 is 11.1 Å². The molecule has 0 fully saturated rings. The monoisotopic (exact) mass is 156 g/mol. The molecule has 1 amide bonds. The van der Waals surface area contributed by atoms with Gasteiger partial charge in [0.25, 0.3) is 0 Å². The van der Waals surface area contributed by atoms with Gasteiger partial charge < -0.3 is 11.1 Å². The zero-order valence-corrected chi connectivity index (χ0v) is 5.74. The first-order valence-corrected chi connectivity index (χ1v) is 3.02. The average molecular weight is 156 g/mol. The van der Waals surface area contributed by atoms with E-state index in [-0.39, 0.29) is 19.0 Å². The third-order valence-corrected chi connectivity index (χ3v) is 1.02. The van der Waals surface area contributed by atoms with Gasteiger partial charge in [0.05, 0.1) is 13.1 Å². The first-order chi connectivity index (χ1) is 5.33. The Morgan fingerprint density at radius 1 is 1.73 bits per heavy atom. The molecule has 0 aliphatic carbocycles. The minimum absolute atomic E-state index is 0.0299. The summed E-state index contributed by atoms with van der Waals surface area (Å²) in [7, 11) is 0. The fourth-order valence-corrected chi connectivity index (χ4v) is 0.507. The molecule has 0 atom stereocenters. The van der Waals surface area contributed by atoms with Crippen molar-refractivity contribution in [1.82, 2.24) is 25.9 Å². The standard InChI is InChI=1S/C4H8N6O/c5-1-4(11)6-2-3-7-9-10-8-3/h1-2,5H2,(H,6,11)(H,7,8,9,10). The molecule has 60 valence electrons. The highest BCUT2D eigenvalue weighted by Gasteiger charge is 1.99. The first-order valence-electron chi connectivity index (χ1n) is 3.02. The largest absolute Gasteiger partial charge is 0.348 e. The zero-order chi connectivity index (χ0) is 8.10. The Bertz CT molecular complexity index is 218. The number of nitrogens with one attached hydrogen (secondary N) is 2. The molecule has 0 aromatic carbocycles. The number of hydrogen-bond donors (Lipinski definition) is 3. The summed E-state index contributed by atoms with van der Waals surface area (Å²) in [6, 6.07) is 0. The Morgan fingerprint density at radius 2 is 2.55 bits per heavy atom. The number of nitrogens with two attached hydrogens (primary N) is 1. The molecule has 7 heteroatoms. The summed E-state index contributed by atoms with van der Waals surface area (Å²) in [6.07, 6.45) is 0. The fourth-order valence-electron chi connectivity index (χ4n) is 0.507. The van der Waals surface area contributed by atoms with Crippen LogP contribution in [0.3, 0.4) is 0 Å². The molecule has 1 heterocycles. The third kappa shape index (κ3) is 2.30. The summed E-state index contributed by atoms with van der Waals surface area (Å²) >= 11 is 0. The summed E-state index contributed by atoms with van der Waals surface area (Å²) in [5.74, 6) is 0.196. The van der Waals surface area contributed by atoms with E-state index in [4.69, 9.17) is 5.73 Å². The number of hydrogen-bond acceptors (Lipinski definition) is 5. The van der Waals surface area contributed by atoms with E-state index in [9.17, 15) is 4.79 Å². The van der Waals surface area contributed by atoms with Gasteiger partial charge in [-0.1, -0.05) is 5.21 Å². The van der Waals surface area contributed by atoms with Crippen LogP contribution in [0, 0.1) is 0 Å². The molecule has 0 bridgehead atoms. The molecule has 0 unspecified atom stereocenters. The third-order valence-electron chi connectivity index (χ3n) is 1.02. The van der Waals surface area contributed by atoms with Gasteiger partial charge in [-0.25, -0.2) is 0 Å². The molecule has 0 aliphatic heterocycles. The number of tetrazole rings is 1. The van der Waals surface area contributed by atoms with Gasteiger partial charge in [0.1, 0.15) is 0 Å². The van der Waals surface area contributed by atoms with Gasteiger partial charge in [0, 0.05) is 0 Å². The van der Waals surface area contributed by atoms with Crippen LogP contribution in [0.15, 0.2) is 0 Å². The molecular weight excluding hydrogens is 148 g/mol. The Kier molecular flexibility index (Phi) is 2.50. The molecule has 11 heavy (non-hydrogen) atoms. The molecule has 0 saturated heterocycles. The molecule has 4 N–H and O–H groups in total. The molecule has 0 spiro atoms. The lowest BCUT2D eigenvalue weighted by Crippen LogP contribution is -2.30. The Labute approximate surface area is 62.4 Å². The van der Waals surface area contributed by atoms with Crippen molar-refractivity contribution in [3.05, 3.63) is 5.82 Å². The highest BCUT2D eigenvalue weighted by atomic mass is 16.1. The van der Waals surface area contributed by atoms with E-state index in [1.54, 1.807) is 0 Å². The maximum absolute atomic E-state index is 10.6. The number of amides is 1. The van der Waals surface area contributed by atoms with E-state index >= 15 is 0 Å². The van der Waals surface area contributed by atoms with Gasteiger partial charge in [0.2, 0.25) is 5.91 Å². The number of aromatic nitrogens is 4. The predicted molar refractivity (Wildman–Crippen MR) is 35.1 cm³/mol. The first kappa shape index (κ1) is 7.61. The van der Waals surface area contributed by atoms with Crippen LogP contribution in [0.2, 0.25) is 0 Å². The Balaban J connectivity index is 2.29. The van der Waals surface area contributed by atoms with Crippen molar-refractivity contribution in [2.45, 2.75) is 6.54 Å². The highest BCUT2D eigenvalue weighted by molar-refractivity contribution is 5.77. The lowest BCUT2D eigenvalue weighted by atomic mass is 10.5. The Hall–Kier alpha value is -1.50. The quantitative estimate of drug-likeness (QED) is 0.459. The molecular formula is C4H8N6O. The Morgan fingerprint density at radius 3 is 3.09 bits per heavy atom. The van der Waals surface area contributed by atoms with Crippen molar-refractivity contribution in [1.29, 1.82) is 0 Å². The van der Waals surface area contributed by atoms with E-state index in [2.05, 4.69) is 25.9 Å². The number of H-pyrrole nitrogens is 1. The van der Waals surface area contributed by atoms with Crippen LogP contribution >= 0.6 is 0 Å². The van der Waals surface area contributed by atoms with Crippen molar-refractivity contribution in [2.24, 2.45) is 5.73 Å². The molecule has 0 saturated carbocycles. The van der Waals surface area contributed by atoms with Crippen LogP contribution in [-0.4, -0.2) is 33.1 Å². The van der Waals surface area contributed by atoms with Gasteiger partial charge in [-0.3, -0.25) is 4.79 Å². The van der Waals surface area contributed by atoms with Crippen molar-refractivity contribution < 1.29 is 4.79 Å². The summed E-state index contributed by atoms with van der Waals surface area (Å²) in [5.41, 5.74) is 5.04. The average Bonchev–Trinajstić information content (AvgIpc) is 2.52. The summed E-state index contributed by atoms with van der Waals surface area (Å²) in [4.78, 5) is 10.6. The van der Waals surface area contributed by atoms with Crippen molar-refractivity contribution in [3.63, 3.8) is 0 Å². The van der Waals surface area contributed by atoms with E-state index < -0.39 is 0 Å². The minimum Gasteiger partial charge on any atom is -0.348 e. The van der Waals surface area contributed by atoms with Gasteiger partial charge in [-0.2, -0.15) is 5.21 Å². The van der Waals surface area contributed by atoms with Gasteiger partial charge in [-0.05, 0) is 0 Å². The highest BCUT2D eigenvalue weighted by Crippen LogP contribution is 1.79. The fraction of sp³-hybridized carbons (Fsp3) is 0.500. The van der Waals surface area contributed by atoms with Gasteiger partial charge >= 0.3 is 0 Å². The van der Waals surface area contributed by atoms with E-state index in [0.717, 1.165) is 0 Å². The maximum Gasteiger partial charge on any atom is 0.234 e. The van der Waals surface area contributed by atoms with Crippen LogP contribution in [0.5, 0.6) is 0 Å². The lowest BCUT2D eigenvalue weighted by molar-refractivity contribution is -0.119. The van der Waals surface area contributed by atoms with E-state index in [1.165, 1.54) is 0 Å². The number of nitrogens with zero attached hydrogens (tertiary/aromatic N) is 3. The second-order valence-electron chi connectivity index (χ2n) is 1.81. The molecule has 1 rings (SSSR count). The normalized spacial score (nSPS) is 9.55. The van der Waals surface area contributed by atoms with E-state index in [1.807, 2.05) is 0 Å². The summed E-state index contributed by atoms with van der Waals surface area (Å²) < 4.78 is 0. The van der Waals surface area contributed by atoms with Crippen LogP contribution in [0.1, 0.15) is 5.82 Å². The maximum atomic E-state index is 10.6. The van der Waals surface area contributed by atoms with Crippen LogP contribution in [0.4, 0.5) is 0 Å². The van der Waals surface area contributed by atoms with E-state index in [0.29, 0.717) is 5.82 Å². The van der Waals surface area contributed by atoms with Crippen LogP contribution in [0.25, 0.3) is 0 Å². The molecule has 0 aliphatic rings. The smallest absolute Gasteiger partial charge is 0.234 e. The number of carbonyl (C=O) groups is 1. The number of rotatable bonds is 3. The topological polar surface area (TPSA) is 110 Å². The van der Waals surface area contributed by atoms with Gasteiger partial charge in [-0.15, -0.1) is 10.2 Å². The number of carbonyl (C=O) groups excluding carboxylic acids is 1. The SMILES string of the molecule is NCC(=O)NCc1nn[nH]n1. The van der Waals surface area contributed by atoms with Crippen molar-refractivity contribution >= 4 is 5.91 Å². The lowest BCUT2D eigenvalue weighted by Gasteiger charge is -1.96. The molecule has 0 radical (unpaired) electrons. The second kappa shape index (κ2) is 3.62. The minimum atomic E-state index is -0.241. The summed E-state index contributed by atoms with van der Waals surface area (Å²) in [5, 5.41) is 15.3. The summed E-state index contributed by atoms with van der Waals surface area (Å²) in [6.45, 7) is 0.227. The molecule has 1 aromatic rings. The van der Waals surface area contributed by atoms with Gasteiger partial charge in [0.15, 0.2) is 5.82 Å². The molecule has 7 nitrogen and oxygen atoms in total. The predicted octanol–water partition coefficient (Wildman–Crippen LogP) is -2.23. The second-order valence-corrected chi connectivity index (χ2v) is 1.81. The molecule has 1 aromatic heterocycles.